The highest BCUT2D eigenvalue weighted by Crippen LogP contribution is 2.25. The fourth-order valence-electron chi connectivity index (χ4n) is 3.06. The number of aryl methyl sites for hydroxylation is 1. The van der Waals surface area contributed by atoms with Crippen molar-refractivity contribution in [1.29, 1.82) is 0 Å². The van der Waals surface area contributed by atoms with Crippen molar-refractivity contribution >= 4 is 34.8 Å². The fraction of sp³-hybridized carbons (Fsp3) is 0.238. The minimum Gasteiger partial charge on any atom is -0.495 e. The summed E-state index contributed by atoms with van der Waals surface area (Å²) in [5.41, 5.74) is 7.71. The van der Waals surface area contributed by atoms with Crippen molar-refractivity contribution in [3.8, 4) is 5.75 Å². The van der Waals surface area contributed by atoms with Gasteiger partial charge in [0.1, 0.15) is 17.5 Å². The lowest BCUT2D eigenvalue weighted by atomic mass is 10.1. The molecule has 0 aromatic heterocycles. The maximum atomic E-state index is 12.5. The predicted molar refractivity (Wildman–Crippen MR) is 113 cm³/mol. The van der Waals surface area contributed by atoms with Crippen molar-refractivity contribution in [2.24, 2.45) is 10.8 Å². The molecule has 1 unspecified atom stereocenters. The number of nitrogens with two attached hydrogens (primary N) is 1. The molecule has 2 aromatic carbocycles. The number of carbonyl (C=O) groups is 3. The molecule has 1 aliphatic heterocycles. The molecular formula is C21H23N5O4. The van der Waals surface area contributed by atoms with E-state index in [1.165, 1.54) is 12.1 Å². The van der Waals surface area contributed by atoms with Gasteiger partial charge in [0.25, 0.3) is 5.91 Å². The highest BCUT2D eigenvalue weighted by atomic mass is 16.5. The van der Waals surface area contributed by atoms with Gasteiger partial charge in [-0.05, 0) is 36.8 Å². The normalized spacial score (nSPS) is 15.3. The summed E-state index contributed by atoms with van der Waals surface area (Å²) in [7, 11) is 1.51. The Morgan fingerprint density at radius 1 is 1.20 bits per heavy atom. The Hall–Kier alpha value is -3.88. The summed E-state index contributed by atoms with van der Waals surface area (Å²) in [6.07, 6.45) is 0.0589. The maximum absolute atomic E-state index is 12.5. The number of hydrogen-bond donors (Lipinski definition) is 3. The average Bonchev–Trinajstić information content (AvgIpc) is 3.19. The molecule has 0 saturated heterocycles. The van der Waals surface area contributed by atoms with Crippen LogP contribution < -0.4 is 26.1 Å². The number of hydrazone groups is 1. The van der Waals surface area contributed by atoms with Crippen LogP contribution in [0.25, 0.3) is 0 Å². The molecule has 4 N–H and O–H groups in total. The number of primary amides is 1. The third-order valence-electron chi connectivity index (χ3n) is 4.56. The molecule has 1 heterocycles. The van der Waals surface area contributed by atoms with E-state index in [-0.39, 0.29) is 18.7 Å². The monoisotopic (exact) mass is 409 g/mol. The summed E-state index contributed by atoms with van der Waals surface area (Å²) >= 11 is 0. The molecule has 0 fully saturated rings. The first-order valence-corrected chi connectivity index (χ1v) is 9.33. The zero-order chi connectivity index (χ0) is 21.7. The molecule has 3 amide bonds. The number of carbonyl (C=O) groups excluding carboxylic acids is 3. The van der Waals surface area contributed by atoms with E-state index in [1.54, 1.807) is 36.4 Å². The fourth-order valence-corrected chi connectivity index (χ4v) is 3.06. The molecule has 9 nitrogen and oxygen atoms in total. The second kappa shape index (κ2) is 9.08. The van der Waals surface area contributed by atoms with Crippen LogP contribution in [-0.4, -0.2) is 43.1 Å². The van der Waals surface area contributed by atoms with E-state index >= 15 is 0 Å². The number of nitrogens with zero attached hydrogens (tertiary/aromatic N) is 2. The second-order valence-electron chi connectivity index (χ2n) is 6.78. The molecule has 0 bridgehead atoms. The van der Waals surface area contributed by atoms with E-state index in [4.69, 9.17) is 10.5 Å². The van der Waals surface area contributed by atoms with Gasteiger partial charge < -0.3 is 21.1 Å². The van der Waals surface area contributed by atoms with E-state index < -0.39 is 23.8 Å². The third-order valence-corrected chi connectivity index (χ3v) is 4.56. The van der Waals surface area contributed by atoms with Crippen LogP contribution >= 0.6 is 0 Å². The van der Waals surface area contributed by atoms with Crippen molar-refractivity contribution in [3.63, 3.8) is 0 Å². The van der Waals surface area contributed by atoms with Crippen LogP contribution in [0.3, 0.4) is 0 Å². The maximum Gasteiger partial charge on any atom is 0.268 e. The van der Waals surface area contributed by atoms with Crippen LogP contribution in [0.4, 0.5) is 11.4 Å². The molecule has 156 valence electrons. The molecule has 2 aromatic rings. The summed E-state index contributed by atoms with van der Waals surface area (Å²) in [5.74, 6) is -1.03. The van der Waals surface area contributed by atoms with Crippen molar-refractivity contribution in [3.05, 3.63) is 54.1 Å². The molecule has 30 heavy (non-hydrogen) atoms. The summed E-state index contributed by atoms with van der Waals surface area (Å²) in [6, 6.07) is 13.6. The number of para-hydroxylation sites is 1. The van der Waals surface area contributed by atoms with Crippen LogP contribution in [0.1, 0.15) is 12.0 Å². The quantitative estimate of drug-likeness (QED) is 0.633. The number of anilines is 2. The average molecular weight is 409 g/mol. The molecule has 9 heteroatoms. The van der Waals surface area contributed by atoms with Crippen molar-refractivity contribution in [1.82, 2.24) is 5.32 Å². The van der Waals surface area contributed by atoms with Gasteiger partial charge in [0.15, 0.2) is 0 Å². The molecule has 3 rings (SSSR count). The first kappa shape index (κ1) is 20.8. The van der Waals surface area contributed by atoms with Crippen molar-refractivity contribution in [2.45, 2.75) is 19.4 Å². The van der Waals surface area contributed by atoms with Gasteiger partial charge in [0.2, 0.25) is 11.8 Å². The van der Waals surface area contributed by atoms with E-state index in [1.807, 2.05) is 19.1 Å². The zero-order valence-corrected chi connectivity index (χ0v) is 16.7. The topological polar surface area (TPSA) is 126 Å². The summed E-state index contributed by atoms with van der Waals surface area (Å²) < 4.78 is 5.23. The summed E-state index contributed by atoms with van der Waals surface area (Å²) in [6.45, 7) is 1.63. The van der Waals surface area contributed by atoms with Crippen molar-refractivity contribution < 1.29 is 19.1 Å². The van der Waals surface area contributed by atoms with E-state index in [0.29, 0.717) is 17.1 Å². The van der Waals surface area contributed by atoms with Gasteiger partial charge in [-0.3, -0.25) is 19.4 Å². The predicted octanol–water partition coefficient (Wildman–Crippen LogP) is 1.18. The molecular weight excluding hydrogens is 386 g/mol. The number of benzene rings is 2. The van der Waals surface area contributed by atoms with Gasteiger partial charge in [0, 0.05) is 6.42 Å². The Labute approximate surface area is 173 Å². The first-order chi connectivity index (χ1) is 14.4. The summed E-state index contributed by atoms with van der Waals surface area (Å²) in [4.78, 5) is 36.6. The number of ether oxygens (including phenoxy) is 1. The SMILES string of the molecule is COc1ccc(C)cc1NC(=O)CNC(=O)C1=NN(c2ccccc2)C(C(N)=O)C1. The first-order valence-electron chi connectivity index (χ1n) is 9.33. The molecule has 1 aliphatic rings. The van der Waals surface area contributed by atoms with Crippen molar-refractivity contribution in [2.75, 3.05) is 24.0 Å². The van der Waals surface area contributed by atoms with Crippen LogP contribution in [0.2, 0.25) is 0 Å². The highest BCUT2D eigenvalue weighted by molar-refractivity contribution is 6.40. The van der Waals surface area contributed by atoms with Crippen LogP contribution in [0.5, 0.6) is 5.75 Å². The Morgan fingerprint density at radius 2 is 1.93 bits per heavy atom. The number of methoxy groups -OCH3 is 1. The van der Waals surface area contributed by atoms with Gasteiger partial charge in [-0.15, -0.1) is 0 Å². The molecule has 0 aliphatic carbocycles. The van der Waals surface area contributed by atoms with Gasteiger partial charge in [0.05, 0.1) is 25.0 Å². The van der Waals surface area contributed by atoms with Crippen LogP contribution in [-0.2, 0) is 14.4 Å². The Morgan fingerprint density at radius 3 is 2.60 bits per heavy atom. The highest BCUT2D eigenvalue weighted by Gasteiger charge is 2.34. The molecule has 0 spiro atoms. The molecule has 0 saturated carbocycles. The largest absolute Gasteiger partial charge is 0.495 e. The van der Waals surface area contributed by atoms with E-state index in [0.717, 1.165) is 5.56 Å². The Bertz CT molecular complexity index is 990. The van der Waals surface area contributed by atoms with Gasteiger partial charge >= 0.3 is 0 Å². The van der Waals surface area contributed by atoms with E-state index in [2.05, 4.69) is 15.7 Å². The molecule has 1 atom stereocenters. The standard InChI is InChI=1S/C21H23N5O4/c1-13-8-9-18(30-2)15(10-13)24-19(27)12-23-21(29)16-11-17(20(22)28)26(25-16)14-6-4-3-5-7-14/h3-10,17H,11-12H2,1-2H3,(H2,22,28)(H,23,29)(H,24,27). The third kappa shape index (κ3) is 4.75. The second-order valence-corrected chi connectivity index (χ2v) is 6.78. The number of hydrogen-bond acceptors (Lipinski definition) is 6. The smallest absolute Gasteiger partial charge is 0.268 e. The lowest BCUT2D eigenvalue weighted by Crippen LogP contribution is -2.40. The van der Waals surface area contributed by atoms with Gasteiger partial charge in [-0.25, -0.2) is 0 Å². The van der Waals surface area contributed by atoms with Gasteiger partial charge in [-0.1, -0.05) is 24.3 Å². The van der Waals surface area contributed by atoms with E-state index in [9.17, 15) is 14.4 Å². The minimum absolute atomic E-state index is 0.0589. The number of rotatable bonds is 7. The van der Waals surface area contributed by atoms with Crippen LogP contribution in [0.15, 0.2) is 53.6 Å². The van der Waals surface area contributed by atoms with Crippen LogP contribution in [0, 0.1) is 6.92 Å². The minimum atomic E-state index is -0.765. The molecule has 0 radical (unpaired) electrons. The summed E-state index contributed by atoms with van der Waals surface area (Å²) in [5, 5.41) is 10.9. The number of nitrogens with one attached hydrogen (secondary N) is 2. The lowest BCUT2D eigenvalue weighted by molar-refractivity contribution is -0.120. The zero-order valence-electron chi connectivity index (χ0n) is 16.7. The van der Waals surface area contributed by atoms with Gasteiger partial charge in [-0.2, -0.15) is 5.10 Å². The number of amides is 3. The Balaban J connectivity index is 1.64. The Kier molecular flexibility index (Phi) is 6.31. The lowest BCUT2D eigenvalue weighted by Gasteiger charge is -2.20.